The van der Waals surface area contributed by atoms with Gasteiger partial charge >= 0.3 is 5.97 Å². The van der Waals surface area contributed by atoms with Crippen LogP contribution in [0.25, 0.3) is 10.8 Å². The first-order valence-corrected chi connectivity index (χ1v) is 8.66. The monoisotopic (exact) mass is 341 g/mol. The second-order valence-electron chi connectivity index (χ2n) is 6.33. The number of likely N-dealkylation sites (tertiary alicyclic amines) is 1. The fourth-order valence-electron chi connectivity index (χ4n) is 3.19. The van der Waals surface area contributed by atoms with Crippen molar-refractivity contribution < 1.29 is 19.1 Å². The van der Waals surface area contributed by atoms with Crippen LogP contribution in [0.3, 0.4) is 0 Å². The van der Waals surface area contributed by atoms with Crippen molar-refractivity contribution in [3.63, 3.8) is 0 Å². The highest BCUT2D eigenvalue weighted by atomic mass is 16.5. The molecule has 0 radical (unpaired) electrons. The first-order valence-electron chi connectivity index (χ1n) is 8.66. The van der Waals surface area contributed by atoms with Crippen LogP contribution in [-0.4, -0.2) is 43.1 Å². The molecule has 5 heteroatoms. The minimum Gasteiger partial charge on any atom is -0.496 e. The van der Waals surface area contributed by atoms with E-state index in [1.165, 1.54) is 7.11 Å². The zero-order valence-corrected chi connectivity index (χ0v) is 14.7. The van der Waals surface area contributed by atoms with E-state index in [0.29, 0.717) is 11.3 Å². The van der Waals surface area contributed by atoms with Gasteiger partial charge in [-0.3, -0.25) is 4.79 Å². The van der Waals surface area contributed by atoms with E-state index in [2.05, 4.69) is 0 Å². The number of hydrogen-bond donors (Lipinski definition) is 0. The molecule has 3 rings (SSSR count). The zero-order chi connectivity index (χ0) is 17.8. The summed E-state index contributed by atoms with van der Waals surface area (Å²) in [6.07, 6.45) is 2.35. The average molecular weight is 341 g/mol. The molecule has 0 bridgehead atoms. The fourth-order valence-corrected chi connectivity index (χ4v) is 3.19. The summed E-state index contributed by atoms with van der Waals surface area (Å²) in [5, 5.41) is 1.90. The number of esters is 1. The lowest BCUT2D eigenvalue weighted by Gasteiger charge is -2.29. The maximum Gasteiger partial charge on any atom is 0.342 e. The van der Waals surface area contributed by atoms with Gasteiger partial charge in [-0.15, -0.1) is 0 Å². The summed E-state index contributed by atoms with van der Waals surface area (Å²) in [4.78, 5) is 26.8. The molecule has 0 N–H and O–H groups in total. The molecule has 1 saturated heterocycles. The van der Waals surface area contributed by atoms with E-state index in [0.717, 1.165) is 43.1 Å². The number of methoxy groups -OCH3 is 1. The molecule has 0 unspecified atom stereocenters. The Morgan fingerprint density at radius 2 is 1.68 bits per heavy atom. The van der Waals surface area contributed by atoms with Crippen molar-refractivity contribution >= 4 is 22.6 Å². The number of fused-ring (bicyclic) bond motifs is 1. The number of benzene rings is 2. The van der Waals surface area contributed by atoms with E-state index in [1.54, 1.807) is 17.9 Å². The summed E-state index contributed by atoms with van der Waals surface area (Å²) in [7, 11) is 1.52. The molecule has 25 heavy (non-hydrogen) atoms. The third-order valence-electron chi connectivity index (χ3n) is 4.59. The highest BCUT2D eigenvalue weighted by Crippen LogP contribution is 2.27. The van der Waals surface area contributed by atoms with E-state index in [9.17, 15) is 9.59 Å². The number of nitrogens with zero attached hydrogens (tertiary/aromatic N) is 1. The maximum atomic E-state index is 12.6. The largest absolute Gasteiger partial charge is 0.496 e. The van der Waals surface area contributed by atoms with Gasteiger partial charge in [-0.1, -0.05) is 24.3 Å². The number of carbonyl (C=O) groups excluding carboxylic acids is 2. The van der Waals surface area contributed by atoms with Crippen molar-refractivity contribution in [2.75, 3.05) is 20.2 Å². The van der Waals surface area contributed by atoms with E-state index >= 15 is 0 Å². The van der Waals surface area contributed by atoms with Crippen LogP contribution in [0.4, 0.5) is 0 Å². The van der Waals surface area contributed by atoms with Gasteiger partial charge in [0.25, 0.3) is 5.91 Å². The van der Waals surface area contributed by atoms with Crippen molar-refractivity contribution in [2.24, 2.45) is 0 Å². The summed E-state index contributed by atoms with van der Waals surface area (Å²) < 4.78 is 10.8. The third kappa shape index (κ3) is 3.76. The summed E-state index contributed by atoms with van der Waals surface area (Å²) in [6.45, 7) is 3.10. The van der Waals surface area contributed by atoms with Crippen molar-refractivity contribution in [1.82, 2.24) is 4.90 Å². The van der Waals surface area contributed by atoms with Crippen LogP contribution in [0.5, 0.6) is 5.75 Å². The van der Waals surface area contributed by atoms with Gasteiger partial charge in [0.05, 0.1) is 7.11 Å². The van der Waals surface area contributed by atoms with E-state index in [-0.39, 0.29) is 5.91 Å². The standard InChI is InChI=1S/C20H23NO4/c1-14(19(22)21-10-6-3-7-11-21)25-20(23)17-12-15-8-4-5-9-16(15)13-18(17)24-2/h4-5,8-9,12-14H,3,6-7,10-11H2,1-2H3/t14-/m1/s1. The molecule has 1 fully saturated rings. The number of piperidine rings is 1. The third-order valence-corrected chi connectivity index (χ3v) is 4.59. The molecule has 5 nitrogen and oxygen atoms in total. The second-order valence-corrected chi connectivity index (χ2v) is 6.33. The predicted molar refractivity (Wildman–Crippen MR) is 95.8 cm³/mol. The molecule has 1 amide bonds. The smallest absolute Gasteiger partial charge is 0.342 e. The Morgan fingerprint density at radius 3 is 2.32 bits per heavy atom. The molecule has 1 aliphatic heterocycles. The van der Waals surface area contributed by atoms with Gasteiger partial charge in [0.1, 0.15) is 11.3 Å². The highest BCUT2D eigenvalue weighted by molar-refractivity contribution is 5.99. The van der Waals surface area contributed by atoms with Crippen molar-refractivity contribution in [1.29, 1.82) is 0 Å². The number of hydrogen-bond acceptors (Lipinski definition) is 4. The van der Waals surface area contributed by atoms with Gasteiger partial charge in [0.2, 0.25) is 0 Å². The molecule has 1 aliphatic rings. The molecule has 2 aromatic carbocycles. The first kappa shape index (κ1) is 17.3. The quantitative estimate of drug-likeness (QED) is 0.800. The number of rotatable bonds is 4. The molecule has 132 valence electrons. The van der Waals surface area contributed by atoms with Crippen LogP contribution in [0.15, 0.2) is 36.4 Å². The number of amides is 1. The highest BCUT2D eigenvalue weighted by Gasteiger charge is 2.26. The SMILES string of the molecule is COc1cc2ccccc2cc1C(=O)O[C@H](C)C(=O)N1CCCCC1. The Labute approximate surface area is 147 Å². The van der Waals surface area contributed by atoms with Crippen molar-refractivity contribution in [3.8, 4) is 5.75 Å². The molecule has 0 aliphatic carbocycles. The fraction of sp³-hybridized carbons (Fsp3) is 0.400. The topological polar surface area (TPSA) is 55.8 Å². The maximum absolute atomic E-state index is 12.6. The van der Waals surface area contributed by atoms with Gasteiger partial charge < -0.3 is 14.4 Å². The molecule has 0 aromatic heterocycles. The van der Waals surface area contributed by atoms with E-state index < -0.39 is 12.1 Å². The molecule has 0 spiro atoms. The molecular weight excluding hydrogens is 318 g/mol. The lowest BCUT2D eigenvalue weighted by molar-refractivity contribution is -0.140. The Hall–Kier alpha value is -2.56. The molecule has 1 atom stereocenters. The Morgan fingerprint density at radius 1 is 1.04 bits per heavy atom. The molecule has 2 aromatic rings. The minimum atomic E-state index is -0.804. The van der Waals surface area contributed by atoms with Crippen LogP contribution >= 0.6 is 0 Å². The average Bonchev–Trinajstić information content (AvgIpc) is 2.66. The Kier molecular flexibility index (Phi) is 5.22. The minimum absolute atomic E-state index is 0.132. The molecular formula is C20H23NO4. The van der Waals surface area contributed by atoms with Crippen LogP contribution < -0.4 is 4.74 Å². The van der Waals surface area contributed by atoms with Crippen molar-refractivity contribution in [3.05, 3.63) is 42.0 Å². The Balaban J connectivity index is 1.78. The second kappa shape index (κ2) is 7.55. The number of carbonyl (C=O) groups is 2. The van der Waals surface area contributed by atoms with Crippen LogP contribution in [0, 0.1) is 0 Å². The van der Waals surface area contributed by atoms with Crippen LogP contribution in [-0.2, 0) is 9.53 Å². The van der Waals surface area contributed by atoms with Crippen LogP contribution in [0.1, 0.15) is 36.5 Å². The lowest BCUT2D eigenvalue weighted by Crippen LogP contribution is -2.42. The summed E-state index contributed by atoms with van der Waals surface area (Å²) in [6, 6.07) is 11.3. The van der Waals surface area contributed by atoms with Gasteiger partial charge in [0.15, 0.2) is 6.10 Å². The molecule has 1 heterocycles. The molecule has 0 saturated carbocycles. The van der Waals surface area contributed by atoms with Gasteiger partial charge in [-0.05, 0) is 49.1 Å². The summed E-state index contributed by atoms with van der Waals surface area (Å²) in [5.74, 6) is -0.227. The van der Waals surface area contributed by atoms with Gasteiger partial charge in [-0.2, -0.15) is 0 Å². The van der Waals surface area contributed by atoms with Gasteiger partial charge in [-0.25, -0.2) is 4.79 Å². The predicted octanol–water partition coefficient (Wildman–Crippen LogP) is 3.41. The van der Waals surface area contributed by atoms with E-state index in [4.69, 9.17) is 9.47 Å². The normalized spacial score (nSPS) is 15.7. The first-order chi connectivity index (χ1) is 12.1. The number of ether oxygens (including phenoxy) is 2. The van der Waals surface area contributed by atoms with Gasteiger partial charge in [0, 0.05) is 13.1 Å². The van der Waals surface area contributed by atoms with Crippen molar-refractivity contribution in [2.45, 2.75) is 32.3 Å². The lowest BCUT2D eigenvalue weighted by atomic mass is 10.1. The van der Waals surface area contributed by atoms with E-state index in [1.807, 2.05) is 30.3 Å². The summed E-state index contributed by atoms with van der Waals surface area (Å²) in [5.41, 5.74) is 0.333. The summed E-state index contributed by atoms with van der Waals surface area (Å²) >= 11 is 0. The Bertz CT molecular complexity index is 780. The zero-order valence-electron chi connectivity index (χ0n) is 14.7. The van der Waals surface area contributed by atoms with Crippen LogP contribution in [0.2, 0.25) is 0 Å².